The predicted molar refractivity (Wildman–Crippen MR) is 141 cm³/mol. The Bertz CT molecular complexity index is 1250. The number of benzene rings is 2. The molecule has 198 valence electrons. The number of nitrogens with zero attached hydrogens (tertiary/aromatic N) is 2. The van der Waals surface area contributed by atoms with Gasteiger partial charge in [-0.1, -0.05) is 12.1 Å². The molecule has 0 saturated heterocycles. The van der Waals surface area contributed by atoms with Gasteiger partial charge in [-0.2, -0.15) is 4.39 Å². The van der Waals surface area contributed by atoms with Gasteiger partial charge >= 0.3 is 0 Å². The van der Waals surface area contributed by atoms with Crippen LogP contribution in [0.3, 0.4) is 0 Å². The second-order valence-electron chi connectivity index (χ2n) is 9.93. The number of halogens is 1. The van der Waals surface area contributed by atoms with Crippen molar-refractivity contribution in [2.24, 2.45) is 5.92 Å². The summed E-state index contributed by atoms with van der Waals surface area (Å²) >= 11 is 0. The molecule has 1 saturated carbocycles. The number of methoxy groups -OCH3 is 1. The molecule has 7 nitrogen and oxygen atoms in total. The normalized spacial score (nSPS) is 20.2. The third-order valence-corrected chi connectivity index (χ3v) is 7.89. The fourth-order valence-corrected chi connectivity index (χ4v) is 5.85. The molecule has 1 aliphatic rings. The van der Waals surface area contributed by atoms with Crippen LogP contribution in [-0.4, -0.2) is 46.5 Å². The van der Waals surface area contributed by atoms with Crippen LogP contribution in [-0.2, 0) is 4.57 Å². The molecule has 1 heterocycles. The summed E-state index contributed by atoms with van der Waals surface area (Å²) < 4.78 is 37.2. The summed E-state index contributed by atoms with van der Waals surface area (Å²) in [6, 6.07) is 14.3. The lowest BCUT2D eigenvalue weighted by molar-refractivity contribution is 0.192. The Balaban J connectivity index is 1.41. The molecule has 4 rings (SSSR count). The van der Waals surface area contributed by atoms with Crippen molar-refractivity contribution in [3.63, 3.8) is 0 Å². The maximum absolute atomic E-state index is 14.0. The van der Waals surface area contributed by atoms with Gasteiger partial charge in [0.2, 0.25) is 13.3 Å². The second-order valence-corrected chi connectivity index (χ2v) is 12.4. The van der Waals surface area contributed by atoms with Crippen molar-refractivity contribution in [2.45, 2.75) is 44.6 Å². The maximum atomic E-state index is 14.0. The van der Waals surface area contributed by atoms with Crippen LogP contribution in [0.2, 0.25) is 0 Å². The first-order valence-corrected chi connectivity index (χ1v) is 14.8. The molecule has 3 aromatic rings. The summed E-state index contributed by atoms with van der Waals surface area (Å²) in [4.78, 5) is 17.8. The molecule has 1 fully saturated rings. The lowest BCUT2D eigenvalue weighted by atomic mass is 9.77. The van der Waals surface area contributed by atoms with Crippen LogP contribution in [0.1, 0.15) is 54.7 Å². The summed E-state index contributed by atoms with van der Waals surface area (Å²) in [5, 5.41) is 10.3. The zero-order valence-corrected chi connectivity index (χ0v) is 22.3. The highest BCUT2D eigenvalue weighted by molar-refractivity contribution is 7.57. The number of hydrogen-bond acceptors (Lipinski definition) is 6. The molecular weight excluding hydrogens is 494 g/mol. The Morgan fingerprint density at radius 1 is 1.08 bits per heavy atom. The molecule has 1 unspecified atom stereocenters. The number of aliphatic hydroxyl groups excluding tert-OH is 1. The summed E-state index contributed by atoms with van der Waals surface area (Å²) in [5.74, 6) is 1.93. The van der Waals surface area contributed by atoms with Crippen LogP contribution < -0.4 is 9.47 Å². The molecule has 2 N–H and O–H groups in total. The fourth-order valence-electron chi connectivity index (χ4n) is 5.00. The van der Waals surface area contributed by atoms with Gasteiger partial charge in [-0.25, -0.2) is 9.97 Å². The highest BCUT2D eigenvalue weighted by Gasteiger charge is 2.26. The van der Waals surface area contributed by atoms with Gasteiger partial charge in [0.25, 0.3) is 0 Å². The largest absolute Gasteiger partial charge is 0.497 e. The van der Waals surface area contributed by atoms with Crippen molar-refractivity contribution in [1.82, 2.24) is 9.97 Å². The number of aromatic nitrogens is 2. The van der Waals surface area contributed by atoms with Gasteiger partial charge in [0.15, 0.2) is 0 Å². The number of aliphatic hydroxyl groups is 1. The Morgan fingerprint density at radius 3 is 2.51 bits per heavy atom. The van der Waals surface area contributed by atoms with Crippen molar-refractivity contribution in [3.05, 3.63) is 71.4 Å². The quantitative estimate of drug-likeness (QED) is 0.264. The summed E-state index contributed by atoms with van der Waals surface area (Å²) in [6.45, 7) is 3.49. The van der Waals surface area contributed by atoms with Gasteiger partial charge in [0.05, 0.1) is 31.7 Å². The molecule has 37 heavy (non-hydrogen) atoms. The molecule has 0 bridgehead atoms. The van der Waals surface area contributed by atoms with E-state index in [-0.39, 0.29) is 6.16 Å². The highest BCUT2D eigenvalue weighted by atomic mass is 31.2. The van der Waals surface area contributed by atoms with E-state index >= 15 is 0 Å². The Morgan fingerprint density at radius 2 is 1.84 bits per heavy atom. The third kappa shape index (κ3) is 7.37. The van der Waals surface area contributed by atoms with E-state index in [0.717, 1.165) is 42.6 Å². The molecule has 0 radical (unpaired) electrons. The molecule has 2 atom stereocenters. The minimum absolute atomic E-state index is 0.187. The van der Waals surface area contributed by atoms with Crippen LogP contribution in [0.4, 0.5) is 4.39 Å². The van der Waals surface area contributed by atoms with Crippen LogP contribution in [0.5, 0.6) is 11.5 Å². The van der Waals surface area contributed by atoms with Crippen LogP contribution in [0.25, 0.3) is 11.3 Å². The Labute approximate surface area is 217 Å². The molecule has 1 aromatic heterocycles. The van der Waals surface area contributed by atoms with Gasteiger partial charge in [-0.15, -0.1) is 0 Å². The molecule has 0 amide bonds. The van der Waals surface area contributed by atoms with E-state index in [4.69, 9.17) is 9.47 Å². The monoisotopic (exact) mass is 528 g/mol. The minimum atomic E-state index is -3.33. The van der Waals surface area contributed by atoms with Crippen molar-refractivity contribution in [2.75, 3.05) is 26.5 Å². The fraction of sp³-hybridized carbons (Fsp3) is 0.429. The van der Waals surface area contributed by atoms with Gasteiger partial charge in [-0.05, 0) is 85.9 Å². The molecule has 9 heteroatoms. The van der Waals surface area contributed by atoms with E-state index in [1.54, 1.807) is 32.2 Å². The first-order chi connectivity index (χ1) is 17.6. The van der Waals surface area contributed by atoms with E-state index in [2.05, 4.69) is 9.97 Å². The van der Waals surface area contributed by atoms with Gasteiger partial charge in [0.1, 0.15) is 17.3 Å². The lowest BCUT2D eigenvalue weighted by Crippen LogP contribution is -2.20. The van der Waals surface area contributed by atoms with Crippen LogP contribution >= 0.6 is 7.37 Å². The van der Waals surface area contributed by atoms with Crippen molar-refractivity contribution < 1.29 is 28.4 Å². The van der Waals surface area contributed by atoms with E-state index in [9.17, 15) is 19.0 Å². The van der Waals surface area contributed by atoms with E-state index in [1.807, 2.05) is 24.3 Å². The number of aryl methyl sites for hydroxylation is 1. The zero-order valence-electron chi connectivity index (χ0n) is 21.4. The van der Waals surface area contributed by atoms with Gasteiger partial charge < -0.3 is 19.5 Å². The molecule has 1 aliphatic carbocycles. The maximum Gasteiger partial charge on any atom is 0.216 e. The number of hydrogen-bond donors (Lipinski definition) is 2. The zero-order chi connectivity index (χ0) is 26.6. The third-order valence-electron chi connectivity index (χ3n) is 6.87. The number of ether oxygens (including phenoxy) is 2. The van der Waals surface area contributed by atoms with Crippen LogP contribution in [0.15, 0.2) is 48.5 Å². The SMILES string of the molecule is COc1ccc(-c2cc(F)nc(C)n2)c(C2CCC(COc3cccc([C@H](O)CP(C)(=O)O)c3)CC2)c1. The van der Waals surface area contributed by atoms with Gasteiger partial charge in [-0.3, -0.25) is 4.57 Å². The average Bonchev–Trinajstić information content (AvgIpc) is 2.86. The standard InChI is InChI=1S/C28H34FN2O5P/c1-18-30-26(15-28(29)31-18)24-12-11-22(35-2)14-25(24)20-9-7-19(8-10-20)16-36-23-6-4-5-21(13-23)27(32)17-37(3,33)34/h4-6,11-15,19-20,27,32H,7-10,16-17H2,1-3H3,(H,33,34)/t19?,20?,27-/m1/s1. The van der Waals surface area contributed by atoms with E-state index in [0.29, 0.717) is 41.3 Å². The lowest BCUT2D eigenvalue weighted by Gasteiger charge is -2.30. The minimum Gasteiger partial charge on any atom is -0.497 e. The Kier molecular flexibility index (Phi) is 8.63. The molecule has 0 spiro atoms. The smallest absolute Gasteiger partial charge is 0.216 e. The highest BCUT2D eigenvalue weighted by Crippen LogP contribution is 2.42. The molecule has 2 aromatic carbocycles. The second kappa shape index (κ2) is 11.7. The summed E-state index contributed by atoms with van der Waals surface area (Å²) in [5.41, 5.74) is 3.16. The Hall–Kier alpha value is -2.80. The molecule has 0 aliphatic heterocycles. The van der Waals surface area contributed by atoms with Crippen molar-refractivity contribution in [3.8, 4) is 22.8 Å². The van der Waals surface area contributed by atoms with Crippen molar-refractivity contribution in [1.29, 1.82) is 0 Å². The van der Waals surface area contributed by atoms with Crippen LogP contribution in [0, 0.1) is 18.8 Å². The topological polar surface area (TPSA) is 102 Å². The van der Waals surface area contributed by atoms with Crippen molar-refractivity contribution >= 4 is 7.37 Å². The van der Waals surface area contributed by atoms with E-state index in [1.165, 1.54) is 12.7 Å². The average molecular weight is 529 g/mol. The predicted octanol–water partition coefficient (Wildman–Crippen LogP) is 5.89. The summed E-state index contributed by atoms with van der Waals surface area (Å²) in [6.07, 6.45) is 2.68. The number of rotatable bonds is 9. The first-order valence-electron chi connectivity index (χ1n) is 12.5. The molecular formula is C28H34FN2O5P. The summed E-state index contributed by atoms with van der Waals surface area (Å²) in [7, 11) is -1.69. The van der Waals surface area contributed by atoms with E-state index < -0.39 is 19.4 Å². The first kappa shape index (κ1) is 27.2. The van der Waals surface area contributed by atoms with Gasteiger partial charge in [0, 0.05) is 18.3 Å².